The second-order valence-corrected chi connectivity index (χ2v) is 4.16. The van der Waals surface area contributed by atoms with E-state index in [1.807, 2.05) is 25.1 Å². The van der Waals surface area contributed by atoms with Crippen molar-refractivity contribution >= 4 is 11.0 Å². The van der Waals surface area contributed by atoms with E-state index in [0.717, 1.165) is 17.8 Å². The Morgan fingerprint density at radius 2 is 2.12 bits per heavy atom. The summed E-state index contributed by atoms with van der Waals surface area (Å²) in [6.07, 6.45) is 0.925. The zero-order chi connectivity index (χ0) is 12.3. The van der Waals surface area contributed by atoms with Gasteiger partial charge >= 0.3 is 0 Å². The topological polar surface area (TPSA) is 25.2 Å². The molecule has 2 nitrogen and oxygen atoms in total. The lowest BCUT2D eigenvalue weighted by molar-refractivity contribution is 0.407. The molecule has 1 heterocycles. The monoisotopic (exact) mass is 235 g/mol. The lowest BCUT2D eigenvalue weighted by atomic mass is 10.1. The van der Waals surface area contributed by atoms with Crippen LogP contribution in [0.1, 0.15) is 31.2 Å². The maximum absolute atomic E-state index is 12.2. The van der Waals surface area contributed by atoms with Crippen LogP contribution in [0.15, 0.2) is 28.7 Å². The summed E-state index contributed by atoms with van der Waals surface area (Å²) in [6, 6.07) is 8.08. The standard InChI is InChI=1S/C14H18FNO/c1-3-11-12-6-4-5-7-13(12)17-14(11)10(2)16-9-8-15/h4-7,10,16H,3,8-9H2,1-2H3. The highest BCUT2D eigenvalue weighted by molar-refractivity contribution is 5.82. The first-order valence-electron chi connectivity index (χ1n) is 6.07. The quantitative estimate of drug-likeness (QED) is 0.856. The first-order valence-corrected chi connectivity index (χ1v) is 6.07. The molecule has 1 unspecified atom stereocenters. The van der Waals surface area contributed by atoms with Crippen molar-refractivity contribution in [3.63, 3.8) is 0 Å². The van der Waals surface area contributed by atoms with E-state index in [0.29, 0.717) is 6.54 Å². The first-order chi connectivity index (χ1) is 8.27. The lowest BCUT2D eigenvalue weighted by Gasteiger charge is -2.11. The smallest absolute Gasteiger partial charge is 0.134 e. The van der Waals surface area contributed by atoms with Crippen molar-refractivity contribution in [3.05, 3.63) is 35.6 Å². The molecular formula is C14H18FNO. The van der Waals surface area contributed by atoms with Crippen molar-refractivity contribution < 1.29 is 8.81 Å². The van der Waals surface area contributed by atoms with Gasteiger partial charge in [0.2, 0.25) is 0 Å². The summed E-state index contributed by atoms with van der Waals surface area (Å²) in [5.41, 5.74) is 2.13. The summed E-state index contributed by atoms with van der Waals surface area (Å²) in [5, 5.41) is 4.28. The Kier molecular flexibility index (Phi) is 3.79. The normalized spacial score (nSPS) is 13.1. The second kappa shape index (κ2) is 5.32. The lowest BCUT2D eigenvalue weighted by Crippen LogP contribution is -2.21. The molecule has 1 aromatic carbocycles. The molecule has 17 heavy (non-hydrogen) atoms. The van der Waals surface area contributed by atoms with E-state index in [2.05, 4.69) is 18.3 Å². The maximum atomic E-state index is 12.2. The van der Waals surface area contributed by atoms with Gasteiger partial charge < -0.3 is 9.73 Å². The van der Waals surface area contributed by atoms with Crippen LogP contribution in [0.4, 0.5) is 4.39 Å². The Morgan fingerprint density at radius 3 is 2.82 bits per heavy atom. The SMILES string of the molecule is CCc1c(C(C)NCCF)oc2ccccc12. The van der Waals surface area contributed by atoms with Crippen LogP contribution in [0, 0.1) is 0 Å². The molecule has 0 aliphatic rings. The zero-order valence-corrected chi connectivity index (χ0v) is 10.3. The highest BCUT2D eigenvalue weighted by Crippen LogP contribution is 2.30. The third kappa shape index (κ3) is 2.34. The maximum Gasteiger partial charge on any atom is 0.134 e. The predicted molar refractivity (Wildman–Crippen MR) is 68.0 cm³/mol. The minimum atomic E-state index is -0.355. The number of rotatable bonds is 5. The van der Waals surface area contributed by atoms with Crippen LogP contribution in [0.5, 0.6) is 0 Å². The molecule has 0 saturated carbocycles. The highest BCUT2D eigenvalue weighted by Gasteiger charge is 2.17. The van der Waals surface area contributed by atoms with E-state index in [-0.39, 0.29) is 12.7 Å². The van der Waals surface area contributed by atoms with Gasteiger partial charge in [0.15, 0.2) is 0 Å². The van der Waals surface area contributed by atoms with Crippen LogP contribution in [0.3, 0.4) is 0 Å². The van der Waals surface area contributed by atoms with E-state index < -0.39 is 0 Å². The molecule has 0 amide bonds. The molecule has 2 rings (SSSR count). The molecule has 1 aromatic heterocycles. The van der Waals surface area contributed by atoms with Gasteiger partial charge in [-0.1, -0.05) is 25.1 Å². The van der Waals surface area contributed by atoms with Gasteiger partial charge in [0, 0.05) is 17.5 Å². The van der Waals surface area contributed by atoms with Crippen LogP contribution >= 0.6 is 0 Å². The molecule has 92 valence electrons. The number of hydrogen-bond donors (Lipinski definition) is 1. The molecule has 1 atom stereocenters. The Balaban J connectivity index is 2.38. The van der Waals surface area contributed by atoms with Crippen LogP contribution < -0.4 is 5.32 Å². The van der Waals surface area contributed by atoms with E-state index >= 15 is 0 Å². The third-order valence-corrected chi connectivity index (χ3v) is 3.02. The number of para-hydroxylation sites is 1. The predicted octanol–water partition coefficient (Wildman–Crippen LogP) is 3.62. The van der Waals surface area contributed by atoms with Crippen molar-refractivity contribution in [2.24, 2.45) is 0 Å². The molecule has 0 saturated heterocycles. The number of hydrogen-bond acceptors (Lipinski definition) is 2. The van der Waals surface area contributed by atoms with Gasteiger partial charge in [-0.2, -0.15) is 0 Å². The molecule has 0 bridgehead atoms. The van der Waals surface area contributed by atoms with E-state index in [4.69, 9.17) is 4.42 Å². The van der Waals surface area contributed by atoms with Gasteiger partial charge in [0.25, 0.3) is 0 Å². The summed E-state index contributed by atoms with van der Waals surface area (Å²) in [6.45, 7) is 4.13. The fourth-order valence-electron chi connectivity index (χ4n) is 2.20. The second-order valence-electron chi connectivity index (χ2n) is 4.16. The van der Waals surface area contributed by atoms with E-state index in [9.17, 15) is 4.39 Å². The fraction of sp³-hybridized carbons (Fsp3) is 0.429. The van der Waals surface area contributed by atoms with Crippen LogP contribution in [0.2, 0.25) is 0 Å². The summed E-state index contributed by atoms with van der Waals surface area (Å²) in [7, 11) is 0. The number of alkyl halides is 1. The third-order valence-electron chi connectivity index (χ3n) is 3.02. The fourth-order valence-corrected chi connectivity index (χ4v) is 2.20. The average Bonchev–Trinajstić information content (AvgIpc) is 2.74. The summed E-state index contributed by atoms with van der Waals surface area (Å²) in [5.74, 6) is 0.933. The van der Waals surface area contributed by atoms with Crippen LogP contribution in [-0.2, 0) is 6.42 Å². The van der Waals surface area contributed by atoms with E-state index in [1.54, 1.807) is 0 Å². The molecule has 0 aliphatic carbocycles. The molecule has 0 spiro atoms. The molecule has 1 N–H and O–H groups in total. The van der Waals surface area contributed by atoms with Crippen molar-refractivity contribution in [1.29, 1.82) is 0 Å². The highest BCUT2D eigenvalue weighted by atomic mass is 19.1. The van der Waals surface area contributed by atoms with Gasteiger partial charge in [0.1, 0.15) is 18.0 Å². The van der Waals surface area contributed by atoms with Gasteiger partial charge in [0.05, 0.1) is 6.04 Å². The summed E-state index contributed by atoms with van der Waals surface area (Å²) >= 11 is 0. The zero-order valence-electron chi connectivity index (χ0n) is 10.3. The van der Waals surface area contributed by atoms with Crippen molar-refractivity contribution in [2.45, 2.75) is 26.3 Å². The first kappa shape index (κ1) is 12.1. The number of fused-ring (bicyclic) bond motifs is 1. The van der Waals surface area contributed by atoms with Crippen LogP contribution in [-0.4, -0.2) is 13.2 Å². The number of aryl methyl sites for hydroxylation is 1. The minimum absolute atomic E-state index is 0.0492. The van der Waals surface area contributed by atoms with Crippen molar-refractivity contribution in [1.82, 2.24) is 5.32 Å². The van der Waals surface area contributed by atoms with Gasteiger partial charge in [-0.15, -0.1) is 0 Å². The molecule has 0 radical (unpaired) electrons. The molecule has 2 aromatic rings. The van der Waals surface area contributed by atoms with E-state index in [1.165, 1.54) is 10.9 Å². The Bertz CT molecular complexity index is 492. The Labute approximate surface area is 101 Å². The van der Waals surface area contributed by atoms with Crippen LogP contribution in [0.25, 0.3) is 11.0 Å². The van der Waals surface area contributed by atoms with Crippen molar-refractivity contribution in [3.8, 4) is 0 Å². The van der Waals surface area contributed by atoms with Gasteiger partial charge in [-0.3, -0.25) is 0 Å². The molecule has 0 fully saturated rings. The molecule has 3 heteroatoms. The van der Waals surface area contributed by atoms with Gasteiger partial charge in [-0.25, -0.2) is 4.39 Å². The Hall–Kier alpha value is -1.35. The minimum Gasteiger partial charge on any atom is -0.459 e. The number of halogens is 1. The largest absolute Gasteiger partial charge is 0.459 e. The van der Waals surface area contributed by atoms with Gasteiger partial charge in [-0.05, 0) is 19.4 Å². The Morgan fingerprint density at radius 1 is 1.35 bits per heavy atom. The summed E-state index contributed by atoms with van der Waals surface area (Å²) in [4.78, 5) is 0. The molecule has 0 aliphatic heterocycles. The summed E-state index contributed by atoms with van der Waals surface area (Å²) < 4.78 is 18.0. The number of benzene rings is 1. The number of furan rings is 1. The average molecular weight is 235 g/mol. The number of nitrogens with one attached hydrogen (secondary N) is 1. The molecular weight excluding hydrogens is 217 g/mol. The van der Waals surface area contributed by atoms with Crippen molar-refractivity contribution in [2.75, 3.05) is 13.2 Å².